The van der Waals surface area contributed by atoms with E-state index in [4.69, 9.17) is 58.0 Å². The minimum Gasteiger partial charge on any atom is -0.122 e. The first-order valence-corrected chi connectivity index (χ1v) is 7.07. The topological polar surface area (TPSA) is 0 Å². The highest BCUT2D eigenvalue weighted by Gasteiger charge is 2.13. The van der Waals surface area contributed by atoms with Crippen molar-refractivity contribution in [2.24, 2.45) is 0 Å². The lowest BCUT2D eigenvalue weighted by molar-refractivity contribution is 1.40. The lowest BCUT2D eigenvalue weighted by Gasteiger charge is -2.10. The SMILES string of the molecule is ClCc1ccc(Cl)c(-c2ccc(Cl)c(Cl)c2Cl)c1. The second-order valence-corrected chi connectivity index (χ2v) is 5.51. The van der Waals surface area contributed by atoms with E-state index in [1.165, 1.54) is 0 Å². The average molecular weight is 340 g/mol. The van der Waals surface area contributed by atoms with E-state index in [9.17, 15) is 0 Å². The molecule has 18 heavy (non-hydrogen) atoms. The van der Waals surface area contributed by atoms with E-state index in [2.05, 4.69) is 0 Å². The maximum absolute atomic E-state index is 6.19. The molecular formula is C13H7Cl5. The molecule has 0 aliphatic heterocycles. The summed E-state index contributed by atoms with van der Waals surface area (Å²) < 4.78 is 0. The largest absolute Gasteiger partial charge is 0.122 e. The molecule has 5 heteroatoms. The van der Waals surface area contributed by atoms with Gasteiger partial charge >= 0.3 is 0 Å². The van der Waals surface area contributed by atoms with Crippen LogP contribution in [0.3, 0.4) is 0 Å². The second kappa shape index (κ2) is 5.90. The van der Waals surface area contributed by atoms with Gasteiger partial charge in [0.2, 0.25) is 0 Å². The van der Waals surface area contributed by atoms with Crippen molar-refractivity contribution < 1.29 is 0 Å². The Bertz CT molecular complexity index is 592. The van der Waals surface area contributed by atoms with Crippen LogP contribution in [0.25, 0.3) is 11.1 Å². The number of hydrogen-bond donors (Lipinski definition) is 0. The fourth-order valence-corrected chi connectivity index (χ4v) is 2.62. The Morgan fingerprint density at radius 3 is 2.06 bits per heavy atom. The summed E-state index contributed by atoms with van der Waals surface area (Å²) >= 11 is 30.1. The molecule has 2 aromatic rings. The van der Waals surface area contributed by atoms with Crippen molar-refractivity contribution in [1.82, 2.24) is 0 Å². The fraction of sp³-hybridized carbons (Fsp3) is 0.0769. The molecule has 94 valence electrons. The molecule has 2 aromatic carbocycles. The number of hydrogen-bond acceptors (Lipinski definition) is 0. The van der Waals surface area contributed by atoms with Gasteiger partial charge in [0, 0.05) is 22.0 Å². The molecule has 0 nitrogen and oxygen atoms in total. The summed E-state index contributed by atoms with van der Waals surface area (Å²) in [5, 5.41) is 1.71. The molecule has 0 aliphatic carbocycles. The van der Waals surface area contributed by atoms with Gasteiger partial charge in [0.1, 0.15) is 0 Å². The van der Waals surface area contributed by atoms with Gasteiger partial charge in [0.05, 0.1) is 15.1 Å². The molecule has 0 spiro atoms. The minimum absolute atomic E-state index is 0.322. The maximum atomic E-state index is 6.19. The van der Waals surface area contributed by atoms with Crippen LogP contribution in [-0.4, -0.2) is 0 Å². The van der Waals surface area contributed by atoms with Crippen LogP contribution in [0.2, 0.25) is 20.1 Å². The summed E-state index contributed by atoms with van der Waals surface area (Å²) in [5.41, 5.74) is 2.49. The third kappa shape index (κ3) is 2.74. The molecule has 0 fully saturated rings. The zero-order chi connectivity index (χ0) is 13.3. The van der Waals surface area contributed by atoms with Gasteiger partial charge in [-0.05, 0) is 23.8 Å². The van der Waals surface area contributed by atoms with Crippen LogP contribution >= 0.6 is 58.0 Å². The first-order valence-electron chi connectivity index (χ1n) is 5.03. The van der Waals surface area contributed by atoms with Crippen LogP contribution in [-0.2, 0) is 5.88 Å². The zero-order valence-electron chi connectivity index (χ0n) is 8.98. The van der Waals surface area contributed by atoms with E-state index in [1.54, 1.807) is 18.2 Å². The van der Waals surface area contributed by atoms with Gasteiger partial charge in [-0.2, -0.15) is 0 Å². The van der Waals surface area contributed by atoms with Gasteiger partial charge in [-0.1, -0.05) is 58.5 Å². The number of alkyl halides is 1. The number of rotatable bonds is 2. The first-order chi connectivity index (χ1) is 8.54. The van der Waals surface area contributed by atoms with Crippen LogP contribution in [0.4, 0.5) is 0 Å². The summed E-state index contributed by atoms with van der Waals surface area (Å²) in [4.78, 5) is 0. The van der Waals surface area contributed by atoms with Gasteiger partial charge in [-0.15, -0.1) is 11.6 Å². The number of benzene rings is 2. The minimum atomic E-state index is 0.322. The van der Waals surface area contributed by atoms with Gasteiger partial charge in [0.15, 0.2) is 0 Å². The van der Waals surface area contributed by atoms with E-state index >= 15 is 0 Å². The zero-order valence-corrected chi connectivity index (χ0v) is 12.8. The standard InChI is InChI=1S/C13H7Cl5/c14-6-7-1-3-10(15)9(5-7)8-2-4-11(16)13(18)12(8)17/h1-5H,6H2. The summed E-state index contributed by atoms with van der Waals surface area (Å²) in [7, 11) is 0. The van der Waals surface area contributed by atoms with Crippen molar-refractivity contribution >= 4 is 58.0 Å². The van der Waals surface area contributed by atoms with Crippen molar-refractivity contribution in [3.8, 4) is 11.1 Å². The van der Waals surface area contributed by atoms with Gasteiger partial charge in [-0.3, -0.25) is 0 Å². The molecule has 0 bridgehead atoms. The molecule has 0 heterocycles. The summed E-state index contributed by atoms with van der Waals surface area (Å²) in [6.45, 7) is 0. The van der Waals surface area contributed by atoms with Crippen LogP contribution in [0, 0.1) is 0 Å². The molecule has 0 atom stereocenters. The first kappa shape index (κ1) is 14.3. The Morgan fingerprint density at radius 1 is 0.722 bits per heavy atom. The maximum Gasteiger partial charge on any atom is 0.0784 e. The van der Waals surface area contributed by atoms with Crippen LogP contribution in [0.1, 0.15) is 5.56 Å². The molecule has 0 aliphatic rings. The Kier molecular flexibility index (Phi) is 4.69. The van der Waals surface area contributed by atoms with E-state index in [0.717, 1.165) is 16.7 Å². The summed E-state index contributed by atoms with van der Waals surface area (Å²) in [6, 6.07) is 9.02. The third-order valence-corrected chi connectivity index (χ3v) is 4.44. The highest BCUT2D eigenvalue weighted by Crippen LogP contribution is 2.40. The van der Waals surface area contributed by atoms with E-state index in [-0.39, 0.29) is 0 Å². The molecule has 0 amide bonds. The van der Waals surface area contributed by atoms with Crippen molar-refractivity contribution in [3.63, 3.8) is 0 Å². The Morgan fingerprint density at radius 2 is 1.39 bits per heavy atom. The Labute approximate surface area is 130 Å². The van der Waals surface area contributed by atoms with Gasteiger partial charge in [-0.25, -0.2) is 0 Å². The molecule has 0 unspecified atom stereocenters. The van der Waals surface area contributed by atoms with E-state index in [0.29, 0.717) is 26.0 Å². The third-order valence-electron chi connectivity index (χ3n) is 2.51. The Hall–Kier alpha value is -0.110. The quantitative estimate of drug-likeness (QED) is 0.421. The predicted molar refractivity (Wildman–Crippen MR) is 81.5 cm³/mol. The fourth-order valence-electron chi connectivity index (χ4n) is 1.60. The van der Waals surface area contributed by atoms with Crippen molar-refractivity contribution in [1.29, 1.82) is 0 Å². The van der Waals surface area contributed by atoms with Crippen molar-refractivity contribution in [2.75, 3.05) is 0 Å². The highest BCUT2D eigenvalue weighted by atomic mass is 35.5. The monoisotopic (exact) mass is 338 g/mol. The van der Waals surface area contributed by atoms with E-state index < -0.39 is 0 Å². The Balaban J connectivity index is 2.65. The number of halogens is 5. The van der Waals surface area contributed by atoms with Crippen molar-refractivity contribution in [3.05, 3.63) is 56.0 Å². The average Bonchev–Trinajstić information content (AvgIpc) is 2.37. The molecular weight excluding hydrogens is 333 g/mol. The molecule has 0 saturated carbocycles. The second-order valence-electron chi connectivity index (χ2n) is 3.67. The molecule has 0 radical (unpaired) electrons. The van der Waals surface area contributed by atoms with E-state index in [1.807, 2.05) is 12.1 Å². The van der Waals surface area contributed by atoms with Crippen LogP contribution in [0.15, 0.2) is 30.3 Å². The van der Waals surface area contributed by atoms with Crippen LogP contribution < -0.4 is 0 Å². The predicted octanol–water partition coefficient (Wildman–Crippen LogP) is 6.71. The van der Waals surface area contributed by atoms with Crippen LogP contribution in [0.5, 0.6) is 0 Å². The highest BCUT2D eigenvalue weighted by molar-refractivity contribution is 6.49. The summed E-state index contributed by atoms with van der Waals surface area (Å²) in [6.07, 6.45) is 0. The normalized spacial score (nSPS) is 10.7. The molecule has 0 N–H and O–H groups in total. The van der Waals surface area contributed by atoms with Gasteiger partial charge < -0.3 is 0 Å². The van der Waals surface area contributed by atoms with Gasteiger partial charge in [0.25, 0.3) is 0 Å². The van der Waals surface area contributed by atoms with Crippen molar-refractivity contribution in [2.45, 2.75) is 5.88 Å². The lowest BCUT2D eigenvalue weighted by atomic mass is 10.0. The molecule has 0 saturated heterocycles. The smallest absolute Gasteiger partial charge is 0.0784 e. The molecule has 0 aromatic heterocycles. The summed E-state index contributed by atoms with van der Waals surface area (Å²) in [5.74, 6) is 0.406. The lowest BCUT2D eigenvalue weighted by Crippen LogP contribution is -1.86. The molecule has 2 rings (SSSR count).